The molecule has 0 atom stereocenters. The lowest BCUT2D eigenvalue weighted by Crippen LogP contribution is -2.30. The highest BCUT2D eigenvalue weighted by molar-refractivity contribution is 9.10. The van der Waals surface area contributed by atoms with Crippen molar-refractivity contribution in [2.24, 2.45) is 0 Å². The van der Waals surface area contributed by atoms with Gasteiger partial charge in [-0.25, -0.2) is 13.2 Å². The van der Waals surface area contributed by atoms with Crippen molar-refractivity contribution >= 4 is 31.9 Å². The lowest BCUT2D eigenvalue weighted by atomic mass is 10.4. The van der Waals surface area contributed by atoms with E-state index in [0.29, 0.717) is 0 Å². The fraction of sp³-hybridized carbons (Fsp3) is 0.300. The van der Waals surface area contributed by atoms with Gasteiger partial charge in [-0.1, -0.05) is 15.9 Å². The third kappa shape index (κ3) is 4.35. The van der Waals surface area contributed by atoms with Gasteiger partial charge in [0.1, 0.15) is 5.88 Å². The molecule has 1 rings (SSSR count). The number of carbonyl (C=O) groups excluding carboxylic acids is 1. The maximum atomic E-state index is 11.8. The molecule has 0 aliphatic carbocycles. The van der Waals surface area contributed by atoms with E-state index in [4.69, 9.17) is 0 Å². The minimum atomic E-state index is -3.52. The van der Waals surface area contributed by atoms with Crippen LogP contribution >= 0.6 is 15.9 Å². The Balaban J connectivity index is 2.69. The van der Waals surface area contributed by atoms with Gasteiger partial charge in [0, 0.05) is 4.47 Å². The second-order valence-corrected chi connectivity index (χ2v) is 6.02. The molecule has 0 fully saturated rings. The van der Waals surface area contributed by atoms with Gasteiger partial charge >= 0.3 is 6.09 Å². The summed E-state index contributed by atoms with van der Waals surface area (Å²) in [5.74, 6) is -0.479. The molecule has 0 aliphatic rings. The van der Waals surface area contributed by atoms with Crippen LogP contribution in [0.5, 0.6) is 0 Å². The molecular formula is C10H12BrNO4S. The number of ether oxygens (including phenoxy) is 1. The molecule has 0 saturated heterocycles. The Morgan fingerprint density at radius 3 is 2.47 bits per heavy atom. The standard InChI is InChI=1S/C10H12BrNO4S/c1-2-16-10(13)12-7-17(14,15)9-5-3-8(11)4-6-9/h3-6H,2,7H2,1H3,(H,12,13). The number of hydrogen-bond acceptors (Lipinski definition) is 4. The maximum Gasteiger partial charge on any atom is 0.407 e. The summed E-state index contributed by atoms with van der Waals surface area (Å²) in [5, 5.41) is 2.18. The van der Waals surface area contributed by atoms with Gasteiger partial charge in [-0.2, -0.15) is 0 Å². The van der Waals surface area contributed by atoms with E-state index in [2.05, 4.69) is 26.0 Å². The van der Waals surface area contributed by atoms with Gasteiger partial charge in [-0.05, 0) is 31.2 Å². The van der Waals surface area contributed by atoms with Gasteiger partial charge < -0.3 is 10.1 Å². The molecule has 0 bridgehead atoms. The van der Waals surface area contributed by atoms with Gasteiger partial charge in [0.25, 0.3) is 0 Å². The van der Waals surface area contributed by atoms with Crippen molar-refractivity contribution in [3.8, 4) is 0 Å². The molecule has 0 aromatic heterocycles. The summed E-state index contributed by atoms with van der Waals surface area (Å²) in [4.78, 5) is 11.1. The molecule has 0 unspecified atom stereocenters. The Bertz CT molecular complexity index is 484. The van der Waals surface area contributed by atoms with Crippen LogP contribution in [0.2, 0.25) is 0 Å². The van der Waals surface area contributed by atoms with E-state index in [1.807, 2.05) is 0 Å². The molecule has 94 valence electrons. The average Bonchev–Trinajstić information content (AvgIpc) is 2.28. The third-order valence-electron chi connectivity index (χ3n) is 1.85. The molecule has 1 amide bonds. The third-order valence-corrected chi connectivity index (χ3v) is 3.90. The van der Waals surface area contributed by atoms with Gasteiger partial charge in [-0.3, -0.25) is 0 Å². The summed E-state index contributed by atoms with van der Waals surface area (Å²) in [6.07, 6.45) is -0.742. The monoisotopic (exact) mass is 321 g/mol. The van der Waals surface area contributed by atoms with Gasteiger partial charge in [0.05, 0.1) is 11.5 Å². The molecule has 0 aliphatic heterocycles. The van der Waals surface area contributed by atoms with Crippen LogP contribution in [-0.2, 0) is 14.6 Å². The lowest BCUT2D eigenvalue weighted by molar-refractivity contribution is 0.154. The van der Waals surface area contributed by atoms with Crippen molar-refractivity contribution < 1.29 is 17.9 Å². The first-order chi connectivity index (χ1) is 7.95. The van der Waals surface area contributed by atoms with Gasteiger partial charge in [0.15, 0.2) is 9.84 Å². The van der Waals surface area contributed by atoms with Crippen LogP contribution in [0.15, 0.2) is 33.6 Å². The van der Waals surface area contributed by atoms with Crippen molar-refractivity contribution in [2.75, 3.05) is 12.5 Å². The number of nitrogens with one attached hydrogen (secondary N) is 1. The first kappa shape index (κ1) is 14.0. The number of hydrogen-bond donors (Lipinski definition) is 1. The fourth-order valence-electron chi connectivity index (χ4n) is 1.06. The molecule has 1 aromatic rings. The molecule has 0 spiro atoms. The highest BCUT2D eigenvalue weighted by Crippen LogP contribution is 2.15. The Morgan fingerprint density at radius 2 is 1.94 bits per heavy atom. The van der Waals surface area contributed by atoms with E-state index in [1.54, 1.807) is 19.1 Å². The number of carbonyl (C=O) groups is 1. The molecule has 17 heavy (non-hydrogen) atoms. The Kier molecular flexibility index (Phi) is 4.95. The molecule has 5 nitrogen and oxygen atoms in total. The van der Waals surface area contributed by atoms with E-state index in [9.17, 15) is 13.2 Å². The van der Waals surface area contributed by atoms with Crippen LogP contribution in [0.4, 0.5) is 4.79 Å². The van der Waals surface area contributed by atoms with Crippen molar-refractivity contribution in [1.82, 2.24) is 5.32 Å². The first-order valence-electron chi connectivity index (χ1n) is 4.84. The quantitative estimate of drug-likeness (QED) is 0.919. The van der Waals surface area contributed by atoms with Crippen molar-refractivity contribution in [1.29, 1.82) is 0 Å². The Labute approximate surface area is 108 Å². The predicted octanol–water partition coefficient (Wildman–Crippen LogP) is 1.93. The average molecular weight is 322 g/mol. The highest BCUT2D eigenvalue weighted by atomic mass is 79.9. The largest absolute Gasteiger partial charge is 0.450 e. The molecule has 1 aromatic carbocycles. The number of amides is 1. The molecule has 0 heterocycles. The predicted molar refractivity (Wildman–Crippen MR) is 66.4 cm³/mol. The van der Waals surface area contributed by atoms with Crippen LogP contribution in [0.3, 0.4) is 0 Å². The van der Waals surface area contributed by atoms with E-state index in [0.717, 1.165) is 4.47 Å². The summed E-state index contributed by atoms with van der Waals surface area (Å²) >= 11 is 3.21. The lowest BCUT2D eigenvalue weighted by Gasteiger charge is -2.06. The minimum Gasteiger partial charge on any atom is -0.450 e. The number of sulfone groups is 1. The molecule has 1 N–H and O–H groups in total. The van der Waals surface area contributed by atoms with Crippen LogP contribution in [0.25, 0.3) is 0 Å². The molecule has 0 radical (unpaired) electrons. The first-order valence-corrected chi connectivity index (χ1v) is 7.29. The van der Waals surface area contributed by atoms with Crippen molar-refractivity contribution in [3.05, 3.63) is 28.7 Å². The van der Waals surface area contributed by atoms with E-state index in [1.165, 1.54) is 12.1 Å². The van der Waals surface area contributed by atoms with Crippen LogP contribution in [-0.4, -0.2) is 27.0 Å². The topological polar surface area (TPSA) is 72.5 Å². The zero-order valence-corrected chi connectivity index (χ0v) is 11.5. The summed E-state index contributed by atoms with van der Waals surface area (Å²) in [7, 11) is -3.52. The highest BCUT2D eigenvalue weighted by Gasteiger charge is 2.15. The zero-order valence-electron chi connectivity index (χ0n) is 9.14. The van der Waals surface area contributed by atoms with Crippen LogP contribution < -0.4 is 5.32 Å². The van der Waals surface area contributed by atoms with Crippen LogP contribution in [0, 0.1) is 0 Å². The van der Waals surface area contributed by atoms with Gasteiger partial charge in [0.2, 0.25) is 0 Å². The number of alkyl carbamates (subject to hydrolysis) is 1. The maximum absolute atomic E-state index is 11.8. The number of benzene rings is 1. The summed E-state index contributed by atoms with van der Waals surface area (Å²) in [5.41, 5.74) is 0. The van der Waals surface area contributed by atoms with E-state index >= 15 is 0 Å². The summed E-state index contributed by atoms with van der Waals surface area (Å²) in [6.45, 7) is 1.84. The minimum absolute atomic E-state index is 0.150. The normalized spacial score (nSPS) is 10.9. The number of halogens is 1. The summed E-state index contributed by atoms with van der Waals surface area (Å²) < 4.78 is 28.9. The smallest absolute Gasteiger partial charge is 0.407 e. The van der Waals surface area contributed by atoms with E-state index in [-0.39, 0.29) is 11.5 Å². The SMILES string of the molecule is CCOC(=O)NCS(=O)(=O)c1ccc(Br)cc1. The fourth-order valence-corrected chi connectivity index (χ4v) is 2.35. The van der Waals surface area contributed by atoms with Gasteiger partial charge in [-0.15, -0.1) is 0 Å². The number of rotatable bonds is 4. The second kappa shape index (κ2) is 6.02. The zero-order chi connectivity index (χ0) is 12.9. The van der Waals surface area contributed by atoms with Crippen molar-refractivity contribution in [2.45, 2.75) is 11.8 Å². The molecular weight excluding hydrogens is 310 g/mol. The molecule has 0 saturated carbocycles. The van der Waals surface area contributed by atoms with Crippen LogP contribution in [0.1, 0.15) is 6.92 Å². The second-order valence-electron chi connectivity index (χ2n) is 3.11. The summed E-state index contributed by atoms with van der Waals surface area (Å²) in [6, 6.07) is 6.17. The van der Waals surface area contributed by atoms with E-state index < -0.39 is 21.8 Å². The Morgan fingerprint density at radius 1 is 1.35 bits per heavy atom. The van der Waals surface area contributed by atoms with Crippen molar-refractivity contribution in [3.63, 3.8) is 0 Å². The Hall–Kier alpha value is -1.08. The molecule has 7 heteroatoms.